The lowest BCUT2D eigenvalue weighted by atomic mass is 10.0. The van der Waals surface area contributed by atoms with Gasteiger partial charge in [-0.05, 0) is 36.8 Å². The summed E-state index contributed by atoms with van der Waals surface area (Å²) in [6.45, 7) is 8.86. The van der Waals surface area contributed by atoms with Crippen molar-refractivity contribution in [1.82, 2.24) is 0 Å². The van der Waals surface area contributed by atoms with Crippen LogP contribution in [0, 0.1) is 11.8 Å². The predicted octanol–water partition coefficient (Wildman–Crippen LogP) is 9.12. The van der Waals surface area contributed by atoms with Gasteiger partial charge >= 0.3 is 0 Å². The van der Waals surface area contributed by atoms with Crippen LogP contribution < -0.4 is 5.09 Å². The van der Waals surface area contributed by atoms with E-state index in [-0.39, 0.29) is 0 Å². The normalized spacial score (nSPS) is 15.9. The van der Waals surface area contributed by atoms with Gasteiger partial charge in [0.2, 0.25) is 0 Å². The molecular formula is C22H38Cl2NOP. The average Bonchev–Trinajstić information content (AvgIpc) is 2.66. The van der Waals surface area contributed by atoms with Gasteiger partial charge in [-0.2, -0.15) is 0 Å². The van der Waals surface area contributed by atoms with E-state index in [2.05, 4.69) is 32.8 Å². The molecule has 0 spiro atoms. The molecule has 0 aliphatic heterocycles. The summed E-state index contributed by atoms with van der Waals surface area (Å²) >= 11 is 12.6. The van der Waals surface area contributed by atoms with Crippen molar-refractivity contribution in [2.24, 2.45) is 11.8 Å². The zero-order valence-corrected chi connectivity index (χ0v) is 20.0. The molecule has 5 heteroatoms. The molecule has 27 heavy (non-hydrogen) atoms. The monoisotopic (exact) mass is 433 g/mol. The third-order valence-electron chi connectivity index (χ3n) is 5.47. The van der Waals surface area contributed by atoms with Crippen LogP contribution >= 0.6 is 30.5 Å². The maximum absolute atomic E-state index is 14.1. The van der Waals surface area contributed by atoms with Gasteiger partial charge in [0.25, 0.3) is 0 Å². The van der Waals surface area contributed by atoms with Gasteiger partial charge in [0, 0.05) is 12.3 Å². The fraction of sp³-hybridized carbons (Fsp3) is 0.727. The lowest BCUT2D eigenvalue weighted by Crippen LogP contribution is -2.18. The standard InChI is InChI=1S/C22H38Cl2NOP/c1-5-9-12-18(7-3)16-27(26,17-19(8-4)13-10-6-2)25-21-15-11-14-20(23)22(21)24/h11,14-15,18-19H,5-10,12-13,16-17H2,1-4H3,(H,25,26). The lowest BCUT2D eigenvalue weighted by Gasteiger charge is -2.29. The summed E-state index contributed by atoms with van der Waals surface area (Å²) in [5.74, 6) is 0.981. The van der Waals surface area contributed by atoms with Gasteiger partial charge in [0.1, 0.15) is 0 Å². The fourth-order valence-electron chi connectivity index (χ4n) is 3.64. The summed E-state index contributed by atoms with van der Waals surface area (Å²) < 4.78 is 14.1. The summed E-state index contributed by atoms with van der Waals surface area (Å²) in [5, 5.41) is 4.36. The number of anilines is 1. The second-order valence-electron chi connectivity index (χ2n) is 7.80. The zero-order chi connectivity index (χ0) is 20.3. The molecule has 0 heterocycles. The molecule has 0 aliphatic carbocycles. The van der Waals surface area contributed by atoms with Crippen molar-refractivity contribution in [3.63, 3.8) is 0 Å². The number of benzene rings is 1. The van der Waals surface area contributed by atoms with Crippen molar-refractivity contribution in [2.75, 3.05) is 17.4 Å². The first kappa shape index (κ1) is 24.9. The first-order valence-corrected chi connectivity index (χ1v) is 13.5. The van der Waals surface area contributed by atoms with Crippen molar-refractivity contribution < 1.29 is 4.57 Å². The van der Waals surface area contributed by atoms with Crippen LogP contribution in [0.25, 0.3) is 0 Å². The molecule has 2 atom stereocenters. The highest BCUT2D eigenvalue weighted by Crippen LogP contribution is 2.52. The van der Waals surface area contributed by atoms with Crippen LogP contribution in [-0.2, 0) is 4.57 Å². The van der Waals surface area contributed by atoms with Crippen molar-refractivity contribution in [3.8, 4) is 0 Å². The molecule has 1 aromatic carbocycles. The molecule has 0 aromatic heterocycles. The molecule has 2 unspecified atom stereocenters. The Bertz CT molecular complexity index is 572. The van der Waals surface area contributed by atoms with Gasteiger partial charge in [-0.1, -0.05) is 95.5 Å². The molecule has 1 aromatic rings. The molecule has 2 nitrogen and oxygen atoms in total. The molecule has 0 bridgehead atoms. The summed E-state index contributed by atoms with van der Waals surface area (Å²) in [5.41, 5.74) is 0.711. The van der Waals surface area contributed by atoms with Gasteiger partial charge in [-0.25, -0.2) is 0 Å². The van der Waals surface area contributed by atoms with Gasteiger partial charge in [-0.3, -0.25) is 0 Å². The number of halogens is 2. The number of hydrogen-bond donors (Lipinski definition) is 1. The fourth-order valence-corrected chi connectivity index (χ4v) is 7.56. The highest BCUT2D eigenvalue weighted by Gasteiger charge is 2.29. The first-order chi connectivity index (χ1) is 12.9. The summed E-state index contributed by atoms with van der Waals surface area (Å²) in [7, 11) is -2.61. The lowest BCUT2D eigenvalue weighted by molar-refractivity contribution is 0.464. The van der Waals surface area contributed by atoms with E-state index in [1.165, 1.54) is 25.7 Å². The Morgan fingerprint density at radius 1 is 0.926 bits per heavy atom. The Labute approximate surface area is 177 Å². The largest absolute Gasteiger partial charge is 0.335 e. The van der Waals surface area contributed by atoms with Gasteiger partial charge in [0.15, 0.2) is 7.29 Å². The maximum atomic E-state index is 14.1. The predicted molar refractivity (Wildman–Crippen MR) is 124 cm³/mol. The van der Waals surface area contributed by atoms with Gasteiger partial charge < -0.3 is 9.65 Å². The van der Waals surface area contributed by atoms with Crippen LogP contribution in [0.3, 0.4) is 0 Å². The topological polar surface area (TPSA) is 29.1 Å². The Morgan fingerprint density at radius 3 is 1.89 bits per heavy atom. The van der Waals surface area contributed by atoms with Crippen molar-refractivity contribution in [3.05, 3.63) is 28.2 Å². The molecule has 1 N–H and O–H groups in total. The molecular weight excluding hydrogens is 396 g/mol. The molecule has 0 saturated carbocycles. The van der Waals surface area contributed by atoms with Crippen LogP contribution in [0.4, 0.5) is 5.69 Å². The van der Waals surface area contributed by atoms with Crippen LogP contribution in [0.1, 0.15) is 79.1 Å². The van der Waals surface area contributed by atoms with Crippen LogP contribution in [0.15, 0.2) is 18.2 Å². The summed E-state index contributed by atoms with van der Waals surface area (Å²) in [6.07, 6.45) is 10.7. The minimum absolute atomic E-state index is 0.475. The molecule has 1 rings (SSSR count). The van der Waals surface area contributed by atoms with Crippen molar-refractivity contribution in [2.45, 2.75) is 79.1 Å². The second kappa shape index (κ2) is 13.1. The third kappa shape index (κ3) is 8.80. The van der Waals surface area contributed by atoms with Crippen LogP contribution in [0.2, 0.25) is 10.0 Å². The Morgan fingerprint density at radius 2 is 1.44 bits per heavy atom. The highest BCUT2D eigenvalue weighted by molar-refractivity contribution is 7.65. The van der Waals surface area contributed by atoms with Gasteiger partial charge in [-0.15, -0.1) is 0 Å². The van der Waals surface area contributed by atoms with E-state index in [9.17, 15) is 4.57 Å². The van der Waals surface area contributed by atoms with Crippen molar-refractivity contribution >= 4 is 36.2 Å². The summed E-state index contributed by atoms with van der Waals surface area (Å²) in [4.78, 5) is 0. The number of nitrogens with one attached hydrogen (secondary N) is 1. The Hall–Kier alpha value is -0.170. The summed E-state index contributed by atoms with van der Waals surface area (Å²) in [6, 6.07) is 5.52. The molecule has 156 valence electrons. The Balaban J connectivity index is 3.05. The SMILES string of the molecule is CCCCC(CC)CP(=O)(CC(CC)CCCC)Nc1cccc(Cl)c1Cl. The average molecular weight is 434 g/mol. The molecule has 0 fully saturated rings. The molecule has 0 saturated heterocycles. The number of hydrogen-bond acceptors (Lipinski definition) is 1. The zero-order valence-electron chi connectivity index (χ0n) is 17.6. The minimum Gasteiger partial charge on any atom is -0.335 e. The number of rotatable bonds is 14. The van der Waals surface area contributed by atoms with E-state index >= 15 is 0 Å². The quantitative estimate of drug-likeness (QED) is 0.296. The van der Waals surface area contributed by atoms with E-state index in [1.807, 2.05) is 12.1 Å². The second-order valence-corrected chi connectivity index (χ2v) is 11.3. The van der Waals surface area contributed by atoms with E-state index in [0.29, 0.717) is 27.6 Å². The third-order valence-corrected chi connectivity index (χ3v) is 9.15. The molecule has 0 amide bonds. The van der Waals surface area contributed by atoms with E-state index in [4.69, 9.17) is 23.2 Å². The highest BCUT2D eigenvalue weighted by atomic mass is 35.5. The number of unbranched alkanes of at least 4 members (excludes halogenated alkanes) is 2. The molecule has 0 aliphatic rings. The van der Waals surface area contributed by atoms with Crippen LogP contribution in [0.5, 0.6) is 0 Å². The first-order valence-electron chi connectivity index (χ1n) is 10.7. The van der Waals surface area contributed by atoms with Crippen molar-refractivity contribution in [1.29, 1.82) is 0 Å². The minimum atomic E-state index is -2.61. The maximum Gasteiger partial charge on any atom is 0.170 e. The van der Waals surface area contributed by atoms with Crippen LogP contribution in [-0.4, -0.2) is 12.3 Å². The van der Waals surface area contributed by atoms with E-state index < -0.39 is 7.29 Å². The molecule has 0 radical (unpaired) electrons. The Kier molecular flexibility index (Phi) is 12.1. The van der Waals surface area contributed by atoms with E-state index in [0.717, 1.165) is 38.0 Å². The van der Waals surface area contributed by atoms with E-state index in [1.54, 1.807) is 6.07 Å². The smallest absolute Gasteiger partial charge is 0.170 e. The van der Waals surface area contributed by atoms with Gasteiger partial charge in [0.05, 0.1) is 15.7 Å².